The molecule has 0 aliphatic heterocycles. The summed E-state index contributed by atoms with van der Waals surface area (Å²) in [7, 11) is -3.16. The van der Waals surface area contributed by atoms with Crippen LogP contribution in [0.15, 0.2) is 0 Å². The molecule has 1 rings (SSSR count). The Morgan fingerprint density at radius 2 is 2.07 bits per heavy atom. The van der Waals surface area contributed by atoms with Gasteiger partial charge in [-0.15, -0.1) is 11.6 Å². The normalized spacial score (nSPS) is 22.1. The summed E-state index contributed by atoms with van der Waals surface area (Å²) in [5.74, 6) is 0.538. The standard InChI is InChI=1S/C10H20ClNO2S/c1-3-10(5-4-6-10)12-15(13,14)8-9(2)7-11/h9,12H,3-8H2,1-2H3. The van der Waals surface area contributed by atoms with Gasteiger partial charge in [-0.25, -0.2) is 13.1 Å². The fourth-order valence-electron chi connectivity index (χ4n) is 1.92. The van der Waals surface area contributed by atoms with Crippen molar-refractivity contribution in [2.75, 3.05) is 11.6 Å². The van der Waals surface area contributed by atoms with Crippen molar-refractivity contribution in [1.82, 2.24) is 4.72 Å². The van der Waals surface area contributed by atoms with Crippen LogP contribution in [-0.2, 0) is 10.0 Å². The van der Waals surface area contributed by atoms with E-state index in [1.165, 1.54) is 0 Å². The summed E-state index contributed by atoms with van der Waals surface area (Å²) >= 11 is 5.62. The lowest BCUT2D eigenvalue weighted by molar-refractivity contribution is 0.213. The Morgan fingerprint density at radius 1 is 1.47 bits per heavy atom. The van der Waals surface area contributed by atoms with E-state index in [0.29, 0.717) is 5.88 Å². The molecule has 0 radical (unpaired) electrons. The van der Waals surface area contributed by atoms with Gasteiger partial charge in [-0.05, 0) is 31.6 Å². The van der Waals surface area contributed by atoms with Crippen molar-refractivity contribution in [3.8, 4) is 0 Å². The molecule has 1 fully saturated rings. The molecular weight excluding hydrogens is 234 g/mol. The molecule has 5 heteroatoms. The second kappa shape index (κ2) is 5.02. The lowest BCUT2D eigenvalue weighted by atomic mass is 9.76. The Morgan fingerprint density at radius 3 is 2.40 bits per heavy atom. The summed E-state index contributed by atoms with van der Waals surface area (Å²) in [6.07, 6.45) is 3.94. The van der Waals surface area contributed by atoms with Gasteiger partial charge in [-0.3, -0.25) is 0 Å². The van der Waals surface area contributed by atoms with Crippen molar-refractivity contribution in [3.05, 3.63) is 0 Å². The number of rotatable bonds is 6. The van der Waals surface area contributed by atoms with E-state index in [9.17, 15) is 8.42 Å². The highest BCUT2D eigenvalue weighted by Gasteiger charge is 2.38. The minimum Gasteiger partial charge on any atom is -0.212 e. The fraction of sp³-hybridized carbons (Fsp3) is 1.00. The summed E-state index contributed by atoms with van der Waals surface area (Å²) in [6, 6.07) is 0. The van der Waals surface area contributed by atoms with E-state index in [4.69, 9.17) is 11.6 Å². The van der Waals surface area contributed by atoms with E-state index in [-0.39, 0.29) is 17.2 Å². The molecule has 1 N–H and O–H groups in total. The van der Waals surface area contributed by atoms with Crippen LogP contribution in [0.1, 0.15) is 39.5 Å². The van der Waals surface area contributed by atoms with Crippen LogP contribution in [0.2, 0.25) is 0 Å². The second-order valence-corrected chi connectivity index (χ2v) is 6.71. The van der Waals surface area contributed by atoms with E-state index >= 15 is 0 Å². The molecule has 0 bridgehead atoms. The number of hydrogen-bond donors (Lipinski definition) is 1. The van der Waals surface area contributed by atoms with Crippen LogP contribution in [0.25, 0.3) is 0 Å². The first-order valence-electron chi connectivity index (χ1n) is 5.51. The summed E-state index contributed by atoms with van der Waals surface area (Å²) in [6.45, 7) is 3.89. The first-order chi connectivity index (χ1) is 6.93. The monoisotopic (exact) mass is 253 g/mol. The van der Waals surface area contributed by atoms with Crippen LogP contribution in [0.4, 0.5) is 0 Å². The molecule has 1 unspecified atom stereocenters. The molecule has 0 aromatic carbocycles. The van der Waals surface area contributed by atoms with Gasteiger partial charge in [0, 0.05) is 11.4 Å². The maximum absolute atomic E-state index is 11.8. The van der Waals surface area contributed by atoms with E-state index in [1.54, 1.807) is 0 Å². The van der Waals surface area contributed by atoms with Crippen LogP contribution >= 0.6 is 11.6 Å². The SMILES string of the molecule is CCC1(NS(=O)(=O)CC(C)CCl)CCC1. The Kier molecular flexibility index (Phi) is 4.44. The Hall–Kier alpha value is 0.200. The minimum absolute atomic E-state index is 0.0122. The number of sulfonamides is 1. The topological polar surface area (TPSA) is 46.2 Å². The average molecular weight is 254 g/mol. The van der Waals surface area contributed by atoms with Gasteiger partial charge in [0.1, 0.15) is 0 Å². The van der Waals surface area contributed by atoms with Crippen LogP contribution in [-0.4, -0.2) is 25.6 Å². The molecule has 0 amide bonds. The lowest BCUT2D eigenvalue weighted by Gasteiger charge is -2.41. The summed E-state index contributed by atoms with van der Waals surface area (Å²) in [4.78, 5) is 0. The van der Waals surface area contributed by atoms with Gasteiger partial charge in [-0.1, -0.05) is 13.8 Å². The molecule has 90 valence electrons. The van der Waals surface area contributed by atoms with Crippen LogP contribution < -0.4 is 4.72 Å². The van der Waals surface area contributed by atoms with Crippen LogP contribution in [0.3, 0.4) is 0 Å². The highest BCUT2D eigenvalue weighted by molar-refractivity contribution is 7.89. The maximum Gasteiger partial charge on any atom is 0.212 e. The van der Waals surface area contributed by atoms with Gasteiger partial charge in [0.2, 0.25) is 10.0 Å². The molecular formula is C10H20ClNO2S. The minimum atomic E-state index is -3.16. The summed E-state index contributed by atoms with van der Waals surface area (Å²) < 4.78 is 26.4. The zero-order chi connectivity index (χ0) is 11.5. The van der Waals surface area contributed by atoms with Crippen LogP contribution in [0.5, 0.6) is 0 Å². The molecule has 1 saturated carbocycles. The average Bonchev–Trinajstić information content (AvgIpc) is 2.10. The van der Waals surface area contributed by atoms with Crippen molar-refractivity contribution in [2.24, 2.45) is 5.92 Å². The molecule has 0 saturated heterocycles. The predicted octanol–water partition coefficient (Wildman–Crippen LogP) is 2.11. The first kappa shape index (κ1) is 13.3. The smallest absolute Gasteiger partial charge is 0.212 e. The van der Waals surface area contributed by atoms with Gasteiger partial charge in [0.15, 0.2) is 0 Å². The lowest BCUT2D eigenvalue weighted by Crippen LogP contribution is -2.53. The molecule has 3 nitrogen and oxygen atoms in total. The maximum atomic E-state index is 11.8. The van der Waals surface area contributed by atoms with E-state index in [1.807, 2.05) is 13.8 Å². The molecule has 1 aliphatic rings. The third kappa shape index (κ3) is 3.61. The van der Waals surface area contributed by atoms with Gasteiger partial charge >= 0.3 is 0 Å². The summed E-state index contributed by atoms with van der Waals surface area (Å²) in [5.41, 5.74) is -0.148. The molecule has 1 atom stereocenters. The third-order valence-electron chi connectivity index (χ3n) is 3.13. The van der Waals surface area contributed by atoms with Gasteiger partial charge < -0.3 is 0 Å². The Bertz CT molecular complexity index is 293. The molecule has 0 heterocycles. The number of halogens is 1. The zero-order valence-corrected chi connectivity index (χ0v) is 11.0. The molecule has 0 spiro atoms. The van der Waals surface area contributed by atoms with Gasteiger partial charge in [0.25, 0.3) is 0 Å². The number of hydrogen-bond acceptors (Lipinski definition) is 2. The number of alkyl halides is 1. The molecule has 0 aromatic heterocycles. The third-order valence-corrected chi connectivity index (χ3v) is 5.41. The van der Waals surface area contributed by atoms with Crippen molar-refractivity contribution < 1.29 is 8.42 Å². The largest absolute Gasteiger partial charge is 0.212 e. The Labute approximate surface area is 97.6 Å². The van der Waals surface area contributed by atoms with E-state index < -0.39 is 10.0 Å². The second-order valence-electron chi connectivity index (χ2n) is 4.63. The van der Waals surface area contributed by atoms with Crippen molar-refractivity contribution >= 4 is 21.6 Å². The van der Waals surface area contributed by atoms with Crippen molar-refractivity contribution in [3.63, 3.8) is 0 Å². The van der Waals surface area contributed by atoms with E-state index in [2.05, 4.69) is 4.72 Å². The highest BCUT2D eigenvalue weighted by atomic mass is 35.5. The molecule has 1 aliphatic carbocycles. The highest BCUT2D eigenvalue weighted by Crippen LogP contribution is 2.35. The Balaban J connectivity index is 2.55. The van der Waals surface area contributed by atoms with E-state index in [0.717, 1.165) is 25.7 Å². The predicted molar refractivity (Wildman–Crippen MR) is 63.7 cm³/mol. The number of nitrogens with one attached hydrogen (secondary N) is 1. The molecule has 0 aromatic rings. The summed E-state index contributed by atoms with van der Waals surface area (Å²) in [5, 5.41) is 0. The zero-order valence-electron chi connectivity index (χ0n) is 9.42. The molecule has 15 heavy (non-hydrogen) atoms. The first-order valence-corrected chi connectivity index (χ1v) is 7.69. The van der Waals surface area contributed by atoms with Crippen molar-refractivity contribution in [1.29, 1.82) is 0 Å². The fourth-order valence-corrected chi connectivity index (χ4v) is 4.12. The quantitative estimate of drug-likeness (QED) is 0.737. The van der Waals surface area contributed by atoms with Gasteiger partial charge in [0.05, 0.1) is 5.75 Å². The van der Waals surface area contributed by atoms with Crippen molar-refractivity contribution in [2.45, 2.75) is 45.1 Å². The van der Waals surface area contributed by atoms with Gasteiger partial charge in [-0.2, -0.15) is 0 Å². The van der Waals surface area contributed by atoms with Crippen LogP contribution in [0, 0.1) is 5.92 Å².